The van der Waals surface area contributed by atoms with E-state index >= 15 is 0 Å². The van der Waals surface area contributed by atoms with Crippen LogP contribution in [-0.4, -0.2) is 27.4 Å². The number of carbonyl (C=O) groups excluding carboxylic acids is 1. The molecule has 1 heterocycles. The maximum absolute atomic E-state index is 13.4. The molecule has 0 radical (unpaired) electrons. The molecule has 1 saturated heterocycles. The van der Waals surface area contributed by atoms with Crippen molar-refractivity contribution in [2.45, 2.75) is 52.0 Å². The van der Waals surface area contributed by atoms with Crippen LogP contribution in [0.1, 0.15) is 52.4 Å². The molecular weight excluding hydrogens is 470 g/mol. The largest absolute Gasteiger partial charge is 0.371 e. The third-order valence-electron chi connectivity index (χ3n) is 6.79. The number of anilines is 2. The highest BCUT2D eigenvalue weighted by Crippen LogP contribution is 2.30. The van der Waals surface area contributed by atoms with Crippen LogP contribution in [0.15, 0.2) is 65.6 Å². The van der Waals surface area contributed by atoms with Gasteiger partial charge < -0.3 is 10.2 Å². The average molecular weight is 506 g/mol. The van der Waals surface area contributed by atoms with Gasteiger partial charge in [-0.2, -0.15) is 0 Å². The minimum absolute atomic E-state index is 0.226. The number of benzene rings is 3. The third-order valence-corrected chi connectivity index (χ3v) is 8.47. The lowest BCUT2D eigenvalue weighted by molar-refractivity contribution is 0.0951. The summed E-state index contributed by atoms with van der Waals surface area (Å²) in [5.41, 5.74) is 5.08. The summed E-state index contributed by atoms with van der Waals surface area (Å²) in [5, 5.41) is 3.01. The first-order valence-corrected chi connectivity index (χ1v) is 13.9. The number of carbonyl (C=O) groups is 1. The highest BCUT2D eigenvalue weighted by molar-refractivity contribution is 7.92. The summed E-state index contributed by atoms with van der Waals surface area (Å²) in [5.74, 6) is 0.430. The van der Waals surface area contributed by atoms with Crippen LogP contribution >= 0.6 is 0 Å². The zero-order valence-corrected chi connectivity index (χ0v) is 22.3. The van der Waals surface area contributed by atoms with Gasteiger partial charge in [-0.25, -0.2) is 8.42 Å². The number of nitrogens with one attached hydrogen (secondary N) is 2. The van der Waals surface area contributed by atoms with E-state index in [-0.39, 0.29) is 10.8 Å². The first kappa shape index (κ1) is 25.8. The number of nitrogens with zero attached hydrogens (tertiary/aromatic N) is 1. The first-order valence-electron chi connectivity index (χ1n) is 12.5. The number of piperidine rings is 1. The van der Waals surface area contributed by atoms with Gasteiger partial charge in [-0.15, -0.1) is 0 Å². The molecule has 3 aromatic rings. The van der Waals surface area contributed by atoms with Gasteiger partial charge in [-0.05, 0) is 74.4 Å². The summed E-state index contributed by atoms with van der Waals surface area (Å²) in [6, 6.07) is 18.7. The Morgan fingerprint density at radius 2 is 1.58 bits per heavy atom. The summed E-state index contributed by atoms with van der Waals surface area (Å²) in [6.45, 7) is 9.94. The molecule has 0 atom stereocenters. The fourth-order valence-electron chi connectivity index (χ4n) is 4.98. The van der Waals surface area contributed by atoms with Crippen molar-refractivity contribution in [3.05, 3.63) is 88.5 Å². The predicted molar refractivity (Wildman–Crippen MR) is 146 cm³/mol. The smallest absolute Gasteiger partial charge is 0.262 e. The quantitative estimate of drug-likeness (QED) is 0.439. The Morgan fingerprint density at radius 1 is 0.944 bits per heavy atom. The van der Waals surface area contributed by atoms with E-state index < -0.39 is 10.0 Å². The summed E-state index contributed by atoms with van der Waals surface area (Å²) < 4.78 is 29.4. The molecule has 1 aliphatic heterocycles. The molecule has 0 aliphatic carbocycles. The van der Waals surface area contributed by atoms with Crippen LogP contribution in [0.2, 0.25) is 0 Å². The zero-order chi connectivity index (χ0) is 25.9. The van der Waals surface area contributed by atoms with E-state index in [4.69, 9.17) is 0 Å². The number of hydrogen-bond acceptors (Lipinski definition) is 4. The molecule has 0 aromatic heterocycles. The predicted octanol–water partition coefficient (Wildman–Crippen LogP) is 5.58. The van der Waals surface area contributed by atoms with Gasteiger partial charge in [-0.3, -0.25) is 9.52 Å². The van der Waals surface area contributed by atoms with Crippen molar-refractivity contribution in [3.63, 3.8) is 0 Å². The standard InChI is InChI=1S/C29H35N3O3S/c1-20-12-14-32(15-13-20)27-11-10-25(18-26(27)29(33)30-19-24-8-6-5-7-9-24)31-36(34,35)28-22(3)16-21(2)17-23(28)4/h5-11,16-18,20,31H,12-15,19H2,1-4H3,(H,30,33). The van der Waals surface area contributed by atoms with E-state index in [9.17, 15) is 13.2 Å². The molecule has 190 valence electrons. The fourth-order valence-corrected chi connectivity index (χ4v) is 6.48. The molecular formula is C29H35N3O3S. The lowest BCUT2D eigenvalue weighted by Gasteiger charge is -2.33. The Morgan fingerprint density at radius 3 is 2.22 bits per heavy atom. The second-order valence-electron chi connectivity index (χ2n) is 9.90. The molecule has 1 fully saturated rings. The Labute approximate surface area is 214 Å². The van der Waals surface area contributed by atoms with Crippen molar-refractivity contribution >= 4 is 27.3 Å². The monoisotopic (exact) mass is 505 g/mol. The molecule has 36 heavy (non-hydrogen) atoms. The maximum Gasteiger partial charge on any atom is 0.262 e. The van der Waals surface area contributed by atoms with Crippen LogP contribution in [0.4, 0.5) is 11.4 Å². The van der Waals surface area contributed by atoms with Crippen LogP contribution in [-0.2, 0) is 16.6 Å². The molecule has 3 aromatic carbocycles. The van der Waals surface area contributed by atoms with E-state index in [1.807, 2.05) is 55.5 Å². The Balaban J connectivity index is 1.65. The average Bonchev–Trinajstić information content (AvgIpc) is 2.82. The van der Waals surface area contributed by atoms with E-state index in [1.54, 1.807) is 26.0 Å². The van der Waals surface area contributed by atoms with Gasteiger partial charge in [0.2, 0.25) is 0 Å². The Kier molecular flexibility index (Phi) is 7.69. The minimum atomic E-state index is -3.83. The highest BCUT2D eigenvalue weighted by atomic mass is 32.2. The molecule has 1 aliphatic rings. The van der Waals surface area contributed by atoms with Crippen LogP contribution in [0.3, 0.4) is 0 Å². The summed E-state index contributed by atoms with van der Waals surface area (Å²) in [4.78, 5) is 15.9. The number of aryl methyl sites for hydroxylation is 3. The highest BCUT2D eigenvalue weighted by Gasteiger charge is 2.24. The van der Waals surface area contributed by atoms with Gasteiger partial charge in [-0.1, -0.05) is 55.0 Å². The van der Waals surface area contributed by atoms with Crippen molar-refractivity contribution in [1.82, 2.24) is 5.32 Å². The third kappa shape index (κ3) is 5.90. The van der Waals surface area contributed by atoms with Crippen molar-refractivity contribution in [2.75, 3.05) is 22.7 Å². The minimum Gasteiger partial charge on any atom is -0.371 e. The van der Waals surface area contributed by atoms with Crippen molar-refractivity contribution < 1.29 is 13.2 Å². The summed E-state index contributed by atoms with van der Waals surface area (Å²) in [6.07, 6.45) is 2.12. The number of hydrogen-bond donors (Lipinski definition) is 2. The zero-order valence-electron chi connectivity index (χ0n) is 21.5. The van der Waals surface area contributed by atoms with Crippen LogP contribution in [0, 0.1) is 26.7 Å². The topological polar surface area (TPSA) is 78.5 Å². The van der Waals surface area contributed by atoms with E-state index in [0.29, 0.717) is 34.8 Å². The van der Waals surface area contributed by atoms with E-state index in [0.717, 1.165) is 42.7 Å². The SMILES string of the molecule is Cc1cc(C)c(S(=O)(=O)Nc2ccc(N3CCC(C)CC3)c(C(=O)NCc3ccccc3)c2)c(C)c1. The van der Waals surface area contributed by atoms with E-state index in [2.05, 4.69) is 21.9 Å². The summed E-state index contributed by atoms with van der Waals surface area (Å²) in [7, 11) is -3.83. The van der Waals surface area contributed by atoms with Crippen LogP contribution < -0.4 is 14.9 Å². The van der Waals surface area contributed by atoms with Gasteiger partial charge in [0.1, 0.15) is 0 Å². The van der Waals surface area contributed by atoms with Gasteiger partial charge in [0.05, 0.1) is 10.5 Å². The molecule has 0 bridgehead atoms. The van der Waals surface area contributed by atoms with Gasteiger partial charge >= 0.3 is 0 Å². The lowest BCUT2D eigenvalue weighted by Crippen LogP contribution is -2.35. The van der Waals surface area contributed by atoms with Crippen molar-refractivity contribution in [3.8, 4) is 0 Å². The second kappa shape index (κ2) is 10.7. The van der Waals surface area contributed by atoms with Crippen molar-refractivity contribution in [2.24, 2.45) is 5.92 Å². The van der Waals surface area contributed by atoms with Gasteiger partial charge in [0.25, 0.3) is 15.9 Å². The first-order chi connectivity index (χ1) is 17.1. The molecule has 4 rings (SSSR count). The molecule has 6 nitrogen and oxygen atoms in total. The van der Waals surface area contributed by atoms with Crippen LogP contribution in [0.25, 0.3) is 0 Å². The summed E-state index contributed by atoms with van der Waals surface area (Å²) >= 11 is 0. The Bertz CT molecular complexity index is 1320. The molecule has 0 spiro atoms. The van der Waals surface area contributed by atoms with Gasteiger partial charge in [0.15, 0.2) is 0 Å². The Hall–Kier alpha value is -3.32. The molecule has 0 unspecified atom stereocenters. The molecule has 0 saturated carbocycles. The second-order valence-corrected chi connectivity index (χ2v) is 11.5. The molecule has 7 heteroatoms. The molecule has 1 amide bonds. The normalized spacial score (nSPS) is 14.5. The number of sulfonamides is 1. The van der Waals surface area contributed by atoms with Crippen LogP contribution in [0.5, 0.6) is 0 Å². The fraction of sp³-hybridized carbons (Fsp3) is 0.345. The van der Waals surface area contributed by atoms with Crippen molar-refractivity contribution in [1.29, 1.82) is 0 Å². The molecule has 2 N–H and O–H groups in total. The van der Waals surface area contributed by atoms with E-state index in [1.165, 1.54) is 0 Å². The number of rotatable bonds is 7. The number of amides is 1. The maximum atomic E-state index is 13.4. The lowest BCUT2D eigenvalue weighted by atomic mass is 9.98. The van der Waals surface area contributed by atoms with Gasteiger partial charge in [0, 0.05) is 31.0 Å².